The molecule has 196 valence electrons. The van der Waals surface area contributed by atoms with Crippen molar-refractivity contribution in [2.24, 2.45) is 17.3 Å². The van der Waals surface area contributed by atoms with Gasteiger partial charge in [-0.3, -0.25) is 9.59 Å². The van der Waals surface area contributed by atoms with E-state index >= 15 is 0 Å². The summed E-state index contributed by atoms with van der Waals surface area (Å²) in [5.41, 5.74) is 1.03. The molecule has 0 aromatic heterocycles. The van der Waals surface area contributed by atoms with E-state index < -0.39 is 6.10 Å². The molecule has 2 aliphatic heterocycles. The lowest BCUT2D eigenvalue weighted by Crippen LogP contribution is -2.50. The number of aliphatic hydroxyl groups excluding tert-OH is 1. The number of rotatable bonds is 9. The van der Waals surface area contributed by atoms with Gasteiger partial charge in [0.2, 0.25) is 5.91 Å². The van der Waals surface area contributed by atoms with Crippen LogP contribution in [0.3, 0.4) is 0 Å². The van der Waals surface area contributed by atoms with Crippen LogP contribution in [0.5, 0.6) is 0 Å². The van der Waals surface area contributed by atoms with Crippen molar-refractivity contribution in [2.75, 3.05) is 0 Å². The van der Waals surface area contributed by atoms with Gasteiger partial charge in [-0.1, -0.05) is 50.6 Å². The van der Waals surface area contributed by atoms with Crippen molar-refractivity contribution in [3.05, 3.63) is 36.0 Å². The standard InChI is InChI=1S/C29H45NO5/c1-18(2)7-12-27(32)30-24-15-20(4)25(34-22(24)6)10-8-19(3)9-11-26-28(33)29(13-14-29)17-23(35-26)16-21(5)31/h7-9,11-12,18,20,22-26,28,33H,10,13-17H2,1-6H3,(H,30,32)/b11-9+,12-7-,19-8+/t20-,22+,23+,24+,25-,26+,28+/m0/s1. The fourth-order valence-electron chi connectivity index (χ4n) is 5.36. The Morgan fingerprint density at radius 3 is 2.49 bits per heavy atom. The highest BCUT2D eigenvalue weighted by Gasteiger charge is 2.55. The first kappa shape index (κ1) is 27.8. The lowest BCUT2D eigenvalue weighted by atomic mass is 9.84. The molecule has 0 bridgehead atoms. The summed E-state index contributed by atoms with van der Waals surface area (Å²) in [6, 6.07) is 0.0122. The highest BCUT2D eigenvalue weighted by Crippen LogP contribution is 2.56. The molecule has 3 fully saturated rings. The Hall–Kier alpha value is -1.76. The van der Waals surface area contributed by atoms with Gasteiger partial charge in [0.15, 0.2) is 0 Å². The summed E-state index contributed by atoms with van der Waals surface area (Å²) in [6.07, 6.45) is 13.6. The van der Waals surface area contributed by atoms with Crippen LogP contribution in [0, 0.1) is 17.3 Å². The van der Waals surface area contributed by atoms with Crippen LogP contribution in [0.4, 0.5) is 0 Å². The van der Waals surface area contributed by atoms with E-state index in [2.05, 4.69) is 18.3 Å². The van der Waals surface area contributed by atoms with E-state index in [1.165, 1.54) is 0 Å². The molecule has 1 spiro atoms. The van der Waals surface area contributed by atoms with Crippen LogP contribution in [0.1, 0.15) is 80.1 Å². The van der Waals surface area contributed by atoms with E-state index in [-0.39, 0.29) is 47.6 Å². The Bertz CT molecular complexity index is 840. The maximum absolute atomic E-state index is 12.2. The highest BCUT2D eigenvalue weighted by atomic mass is 16.5. The number of hydrogen-bond donors (Lipinski definition) is 2. The molecule has 0 aromatic rings. The fourth-order valence-corrected chi connectivity index (χ4v) is 5.36. The molecule has 3 aliphatic rings. The number of ether oxygens (including phenoxy) is 2. The second-order valence-electron chi connectivity index (χ2n) is 11.5. The first-order valence-electron chi connectivity index (χ1n) is 13.3. The molecule has 2 heterocycles. The Morgan fingerprint density at radius 1 is 1.14 bits per heavy atom. The second-order valence-corrected chi connectivity index (χ2v) is 11.5. The number of ketones is 1. The van der Waals surface area contributed by atoms with Crippen molar-refractivity contribution < 1.29 is 24.2 Å². The van der Waals surface area contributed by atoms with E-state index in [9.17, 15) is 14.7 Å². The van der Waals surface area contributed by atoms with Crippen LogP contribution in [-0.4, -0.2) is 53.4 Å². The number of hydrogen-bond acceptors (Lipinski definition) is 5. The summed E-state index contributed by atoms with van der Waals surface area (Å²) in [5.74, 6) is 0.740. The predicted octanol–water partition coefficient (Wildman–Crippen LogP) is 4.67. The lowest BCUT2D eigenvalue weighted by Gasteiger charge is -2.39. The molecule has 6 nitrogen and oxygen atoms in total. The molecule has 2 N–H and O–H groups in total. The molecule has 0 unspecified atom stereocenters. The number of carbonyl (C=O) groups is 2. The second kappa shape index (κ2) is 12.0. The van der Waals surface area contributed by atoms with Crippen molar-refractivity contribution >= 4 is 11.7 Å². The first-order chi connectivity index (χ1) is 16.5. The minimum atomic E-state index is -0.514. The molecular formula is C29H45NO5. The Kier molecular flexibility index (Phi) is 9.53. The third-order valence-electron chi connectivity index (χ3n) is 7.73. The van der Waals surface area contributed by atoms with Crippen LogP contribution in [-0.2, 0) is 19.1 Å². The van der Waals surface area contributed by atoms with Crippen LogP contribution < -0.4 is 5.32 Å². The number of Topliss-reactive ketones (excluding diaryl/α,β-unsaturated/α-hetero) is 1. The zero-order valence-electron chi connectivity index (χ0n) is 22.3. The third kappa shape index (κ3) is 7.86. The van der Waals surface area contributed by atoms with Gasteiger partial charge in [-0.15, -0.1) is 0 Å². The van der Waals surface area contributed by atoms with Crippen molar-refractivity contribution in [1.29, 1.82) is 0 Å². The summed E-state index contributed by atoms with van der Waals surface area (Å²) in [5, 5.41) is 13.9. The number of nitrogens with one attached hydrogen (secondary N) is 1. The topological polar surface area (TPSA) is 84.9 Å². The van der Waals surface area contributed by atoms with Gasteiger partial charge in [-0.2, -0.15) is 0 Å². The van der Waals surface area contributed by atoms with Crippen molar-refractivity contribution in [3.63, 3.8) is 0 Å². The molecule has 2 saturated heterocycles. The smallest absolute Gasteiger partial charge is 0.243 e. The van der Waals surface area contributed by atoms with Gasteiger partial charge in [-0.25, -0.2) is 0 Å². The van der Waals surface area contributed by atoms with Crippen LogP contribution in [0.2, 0.25) is 0 Å². The maximum Gasteiger partial charge on any atom is 0.243 e. The van der Waals surface area contributed by atoms with Gasteiger partial charge in [0, 0.05) is 11.8 Å². The molecule has 0 aromatic carbocycles. The molecular weight excluding hydrogens is 442 g/mol. The minimum absolute atomic E-state index is 0.0122. The quantitative estimate of drug-likeness (QED) is 0.365. The maximum atomic E-state index is 12.2. The van der Waals surface area contributed by atoms with Gasteiger partial charge >= 0.3 is 0 Å². The summed E-state index contributed by atoms with van der Waals surface area (Å²) >= 11 is 0. The van der Waals surface area contributed by atoms with Gasteiger partial charge in [0.1, 0.15) is 11.9 Å². The van der Waals surface area contributed by atoms with E-state index in [1.807, 2.05) is 45.9 Å². The lowest BCUT2D eigenvalue weighted by molar-refractivity contribution is -0.144. The van der Waals surface area contributed by atoms with Crippen LogP contribution in [0.15, 0.2) is 36.0 Å². The Balaban J connectivity index is 1.52. The SMILES string of the molecule is CC(=O)C[C@@H]1CC2(CC2)[C@H](O)[C@@H](/C=C/C(C)=C/C[C@@H]2O[C@H](C)[C@H](NC(=O)/C=C\C(C)C)C[C@@H]2C)O1. The van der Waals surface area contributed by atoms with Gasteiger partial charge < -0.3 is 19.9 Å². The molecule has 1 amide bonds. The first-order valence-corrected chi connectivity index (χ1v) is 13.3. The average Bonchev–Trinajstić information content (AvgIpc) is 3.54. The number of allylic oxidation sites excluding steroid dienone is 3. The Morgan fingerprint density at radius 2 is 1.86 bits per heavy atom. The summed E-state index contributed by atoms with van der Waals surface area (Å²) in [6.45, 7) is 11.9. The average molecular weight is 488 g/mol. The van der Waals surface area contributed by atoms with E-state index in [0.29, 0.717) is 18.3 Å². The zero-order valence-corrected chi connectivity index (χ0v) is 22.3. The number of amides is 1. The Labute approximate surface area is 211 Å². The molecule has 1 aliphatic carbocycles. The summed E-state index contributed by atoms with van der Waals surface area (Å²) in [4.78, 5) is 23.8. The summed E-state index contributed by atoms with van der Waals surface area (Å²) in [7, 11) is 0. The molecule has 6 heteroatoms. The molecule has 3 rings (SSSR count). The number of aliphatic hydroxyl groups is 1. The van der Waals surface area contributed by atoms with Gasteiger partial charge in [0.25, 0.3) is 0 Å². The van der Waals surface area contributed by atoms with Crippen molar-refractivity contribution in [2.45, 2.75) is 117 Å². The highest BCUT2D eigenvalue weighted by molar-refractivity contribution is 5.87. The summed E-state index contributed by atoms with van der Waals surface area (Å²) < 4.78 is 12.4. The van der Waals surface area contributed by atoms with E-state index in [0.717, 1.165) is 37.7 Å². The molecule has 35 heavy (non-hydrogen) atoms. The van der Waals surface area contributed by atoms with Crippen molar-refractivity contribution in [1.82, 2.24) is 5.32 Å². The fraction of sp³-hybridized carbons (Fsp3) is 0.724. The van der Waals surface area contributed by atoms with Gasteiger partial charge in [0.05, 0.1) is 30.5 Å². The monoisotopic (exact) mass is 487 g/mol. The molecule has 0 radical (unpaired) electrons. The molecule has 7 atom stereocenters. The van der Waals surface area contributed by atoms with E-state index in [1.54, 1.807) is 13.0 Å². The molecule has 1 saturated carbocycles. The zero-order chi connectivity index (χ0) is 25.8. The largest absolute Gasteiger partial charge is 0.389 e. The third-order valence-corrected chi connectivity index (χ3v) is 7.73. The predicted molar refractivity (Wildman–Crippen MR) is 138 cm³/mol. The van der Waals surface area contributed by atoms with Crippen LogP contribution in [0.25, 0.3) is 0 Å². The van der Waals surface area contributed by atoms with Crippen molar-refractivity contribution in [3.8, 4) is 0 Å². The van der Waals surface area contributed by atoms with E-state index in [4.69, 9.17) is 9.47 Å². The minimum Gasteiger partial charge on any atom is -0.389 e. The number of carbonyl (C=O) groups excluding carboxylic acids is 2. The van der Waals surface area contributed by atoms with Crippen LogP contribution >= 0.6 is 0 Å². The normalized spacial score (nSPS) is 35.2. The van der Waals surface area contributed by atoms with Gasteiger partial charge in [-0.05, 0) is 70.8 Å².